The molecule has 0 aromatic carbocycles. The van der Waals surface area contributed by atoms with Crippen LogP contribution in [0.3, 0.4) is 0 Å². The molecular formula is C7H13ClSi. The van der Waals surface area contributed by atoms with Gasteiger partial charge >= 0.3 is 0 Å². The van der Waals surface area contributed by atoms with Gasteiger partial charge in [-0.05, 0) is 12.1 Å². The van der Waals surface area contributed by atoms with E-state index in [2.05, 4.69) is 6.58 Å². The van der Waals surface area contributed by atoms with Crippen molar-refractivity contribution in [1.29, 1.82) is 0 Å². The first-order valence-electron chi connectivity index (χ1n) is 3.59. The van der Waals surface area contributed by atoms with E-state index in [9.17, 15) is 0 Å². The maximum atomic E-state index is 6.28. The molecule has 0 spiro atoms. The van der Waals surface area contributed by atoms with E-state index < -0.39 is 7.38 Å². The predicted molar refractivity (Wildman–Crippen MR) is 45.3 cm³/mol. The second-order valence-corrected chi connectivity index (χ2v) is 8.54. The summed E-state index contributed by atoms with van der Waals surface area (Å²) in [5, 5.41) is 0. The van der Waals surface area contributed by atoms with Gasteiger partial charge in [-0.25, -0.2) is 0 Å². The summed E-state index contributed by atoms with van der Waals surface area (Å²) in [6, 6.07) is 2.52. The minimum absolute atomic E-state index is 1.26. The molecule has 0 atom stereocenters. The second-order valence-electron chi connectivity index (χ2n) is 2.80. The van der Waals surface area contributed by atoms with E-state index in [1.807, 2.05) is 5.70 Å². The van der Waals surface area contributed by atoms with Gasteiger partial charge in [0.25, 0.3) is 0 Å². The van der Waals surface area contributed by atoms with Crippen molar-refractivity contribution in [3.63, 3.8) is 0 Å². The van der Waals surface area contributed by atoms with Gasteiger partial charge in [0.15, 0.2) is 7.38 Å². The van der Waals surface area contributed by atoms with Crippen molar-refractivity contribution < 1.29 is 0 Å². The Kier molecular flexibility index (Phi) is 2.36. The Bertz CT molecular complexity index is 105. The quantitative estimate of drug-likeness (QED) is 0.409. The highest BCUT2D eigenvalue weighted by Gasteiger charge is 2.28. The summed E-state index contributed by atoms with van der Waals surface area (Å²) < 4.78 is 0. The lowest BCUT2D eigenvalue weighted by Crippen LogP contribution is -2.26. The fourth-order valence-electron chi connectivity index (χ4n) is 1.34. The molecule has 0 unspecified atom stereocenters. The van der Waals surface area contributed by atoms with Gasteiger partial charge in [-0.3, -0.25) is 0 Å². The second kappa shape index (κ2) is 2.89. The molecule has 1 heterocycles. The fourth-order valence-corrected chi connectivity index (χ4v) is 4.48. The van der Waals surface area contributed by atoms with E-state index in [1.165, 1.54) is 31.4 Å². The van der Waals surface area contributed by atoms with Crippen molar-refractivity contribution in [2.24, 2.45) is 0 Å². The van der Waals surface area contributed by atoms with Crippen molar-refractivity contribution >= 4 is 18.5 Å². The van der Waals surface area contributed by atoms with E-state index in [1.54, 1.807) is 0 Å². The zero-order valence-corrected chi connectivity index (χ0v) is 7.45. The maximum Gasteiger partial charge on any atom is 0.179 e. The van der Waals surface area contributed by atoms with Gasteiger partial charge in [0.2, 0.25) is 0 Å². The molecule has 9 heavy (non-hydrogen) atoms. The molecular weight excluding hydrogens is 148 g/mol. The third kappa shape index (κ3) is 1.83. The molecule has 0 amide bonds. The van der Waals surface area contributed by atoms with Crippen LogP contribution < -0.4 is 0 Å². The molecule has 1 saturated heterocycles. The highest BCUT2D eigenvalue weighted by Crippen LogP contribution is 2.31. The van der Waals surface area contributed by atoms with Gasteiger partial charge < -0.3 is 0 Å². The molecule has 1 aliphatic heterocycles. The van der Waals surface area contributed by atoms with Crippen LogP contribution in [-0.2, 0) is 0 Å². The van der Waals surface area contributed by atoms with Crippen molar-refractivity contribution in [3.8, 4) is 0 Å². The summed E-state index contributed by atoms with van der Waals surface area (Å²) in [4.78, 5) is 0. The van der Waals surface area contributed by atoms with Crippen molar-refractivity contribution in [3.05, 3.63) is 12.3 Å². The van der Waals surface area contributed by atoms with E-state index in [4.69, 9.17) is 11.1 Å². The standard InChI is InChI=1S/C7H13ClSi/c1-2-9(8)6-4-3-5-7-9/h2H,1,3-7H2. The smallest absolute Gasteiger partial charge is 0.162 e. The molecule has 0 saturated carbocycles. The van der Waals surface area contributed by atoms with Crippen molar-refractivity contribution in [1.82, 2.24) is 0 Å². The van der Waals surface area contributed by atoms with E-state index in [0.29, 0.717) is 0 Å². The van der Waals surface area contributed by atoms with Crippen LogP contribution in [0.1, 0.15) is 19.3 Å². The molecule has 1 rings (SSSR count). The molecule has 2 heteroatoms. The van der Waals surface area contributed by atoms with Crippen LogP contribution in [0.25, 0.3) is 0 Å². The Morgan fingerprint density at radius 1 is 1.22 bits per heavy atom. The lowest BCUT2D eigenvalue weighted by Gasteiger charge is -2.24. The fraction of sp³-hybridized carbons (Fsp3) is 0.714. The lowest BCUT2D eigenvalue weighted by molar-refractivity contribution is 0.723. The molecule has 1 fully saturated rings. The Hall–Kier alpha value is 0.247. The molecule has 0 aromatic heterocycles. The molecule has 0 aromatic rings. The zero-order chi connectivity index (χ0) is 6.74. The predicted octanol–water partition coefficient (Wildman–Crippen LogP) is 3.08. The third-order valence-electron chi connectivity index (χ3n) is 2.05. The van der Waals surface area contributed by atoms with Crippen molar-refractivity contribution in [2.45, 2.75) is 31.4 Å². The number of hydrogen-bond acceptors (Lipinski definition) is 0. The molecule has 0 bridgehead atoms. The van der Waals surface area contributed by atoms with Crippen LogP contribution in [0, 0.1) is 0 Å². The van der Waals surface area contributed by atoms with Crippen LogP contribution in [0.4, 0.5) is 0 Å². The normalized spacial score (nSPS) is 25.4. The summed E-state index contributed by atoms with van der Waals surface area (Å²) >= 11 is 6.28. The van der Waals surface area contributed by atoms with Crippen LogP contribution >= 0.6 is 11.1 Å². The zero-order valence-electron chi connectivity index (χ0n) is 5.70. The lowest BCUT2D eigenvalue weighted by atomic mass is 10.3. The van der Waals surface area contributed by atoms with Gasteiger partial charge in [-0.2, -0.15) is 11.1 Å². The third-order valence-corrected chi connectivity index (χ3v) is 6.75. The number of hydrogen-bond donors (Lipinski definition) is 0. The molecule has 0 N–H and O–H groups in total. The molecule has 0 nitrogen and oxygen atoms in total. The molecule has 0 aliphatic carbocycles. The average Bonchev–Trinajstić information content (AvgIpc) is 1.90. The SMILES string of the molecule is C=C[Si]1(Cl)CCCCC1. The van der Waals surface area contributed by atoms with E-state index in [0.717, 1.165) is 0 Å². The summed E-state index contributed by atoms with van der Waals surface area (Å²) in [6.07, 6.45) is 4.05. The Morgan fingerprint density at radius 2 is 1.78 bits per heavy atom. The number of rotatable bonds is 1. The topological polar surface area (TPSA) is 0 Å². The monoisotopic (exact) mass is 160 g/mol. The minimum Gasteiger partial charge on any atom is -0.162 e. The first-order chi connectivity index (χ1) is 4.27. The Labute approximate surface area is 62.6 Å². The van der Waals surface area contributed by atoms with Gasteiger partial charge in [0, 0.05) is 0 Å². The summed E-state index contributed by atoms with van der Waals surface area (Å²) in [5.74, 6) is 0. The van der Waals surface area contributed by atoms with Crippen molar-refractivity contribution in [2.75, 3.05) is 0 Å². The molecule has 0 radical (unpaired) electrons. The van der Waals surface area contributed by atoms with Gasteiger partial charge in [-0.1, -0.05) is 25.0 Å². The van der Waals surface area contributed by atoms with E-state index >= 15 is 0 Å². The highest BCUT2D eigenvalue weighted by molar-refractivity contribution is 7.23. The average molecular weight is 161 g/mol. The maximum absolute atomic E-state index is 6.28. The van der Waals surface area contributed by atoms with Crippen LogP contribution in [0.5, 0.6) is 0 Å². The van der Waals surface area contributed by atoms with Gasteiger partial charge in [0.1, 0.15) is 0 Å². The summed E-state index contributed by atoms with van der Waals surface area (Å²) in [6.45, 7) is 3.79. The Morgan fingerprint density at radius 3 is 2.11 bits per heavy atom. The van der Waals surface area contributed by atoms with E-state index in [-0.39, 0.29) is 0 Å². The minimum atomic E-state index is -1.37. The summed E-state index contributed by atoms with van der Waals surface area (Å²) in [7, 11) is -1.37. The van der Waals surface area contributed by atoms with Gasteiger partial charge in [0.05, 0.1) is 0 Å². The largest absolute Gasteiger partial charge is 0.179 e. The Balaban J connectivity index is 2.46. The summed E-state index contributed by atoms with van der Waals surface area (Å²) in [5.41, 5.74) is 2.04. The number of halogens is 1. The first-order valence-corrected chi connectivity index (χ1v) is 7.10. The van der Waals surface area contributed by atoms with Crippen LogP contribution in [-0.4, -0.2) is 7.38 Å². The first kappa shape index (κ1) is 7.36. The van der Waals surface area contributed by atoms with Crippen LogP contribution in [0.2, 0.25) is 12.1 Å². The molecule has 1 aliphatic rings. The molecule has 52 valence electrons. The van der Waals surface area contributed by atoms with Gasteiger partial charge in [-0.15, -0.1) is 6.58 Å². The van der Waals surface area contributed by atoms with Crippen LogP contribution in [0.15, 0.2) is 12.3 Å². The highest BCUT2D eigenvalue weighted by atomic mass is 35.6.